The molecule has 0 rings (SSSR count). The summed E-state index contributed by atoms with van der Waals surface area (Å²) in [6.45, 7) is 15.5. The van der Waals surface area contributed by atoms with Crippen molar-refractivity contribution in [1.82, 2.24) is 5.32 Å². The molecule has 0 aliphatic carbocycles. The van der Waals surface area contributed by atoms with Crippen LogP contribution in [0.2, 0.25) is 0 Å². The monoisotopic (exact) mass is 731 g/mol. The van der Waals surface area contributed by atoms with Crippen LogP contribution in [0, 0.1) is 5.41 Å². The Balaban J connectivity index is 3.20. The van der Waals surface area contributed by atoms with E-state index in [1.165, 1.54) is 6.92 Å². The molecule has 0 heterocycles. The first kappa shape index (κ1) is 48.4. The lowest BCUT2D eigenvalue weighted by molar-refractivity contribution is -0.159. The lowest BCUT2D eigenvalue weighted by Crippen LogP contribution is -2.49. The maximum Gasteiger partial charge on any atom is 0.321 e. The normalized spacial score (nSPS) is 12.8. The molecule has 0 saturated heterocycles. The average Bonchev–Trinajstić information content (AvgIpc) is 3.10. The molecule has 17 nitrogen and oxygen atoms in total. The molecule has 0 saturated carbocycles. The van der Waals surface area contributed by atoms with Crippen molar-refractivity contribution in [2.45, 2.75) is 33.3 Å². The van der Waals surface area contributed by atoms with E-state index in [9.17, 15) is 19.8 Å². The highest BCUT2D eigenvalue weighted by atomic mass is 16.6. The van der Waals surface area contributed by atoms with Crippen LogP contribution in [0.1, 0.15) is 27.2 Å². The molecule has 0 fully saturated rings. The Hall–Kier alpha value is -1.58. The third-order valence-electron chi connectivity index (χ3n) is 6.65. The average molecular weight is 732 g/mol. The second-order valence-electron chi connectivity index (χ2n) is 10.8. The number of carbonyl (C=O) groups is 2. The number of hydrogen-bond acceptors (Lipinski definition) is 15. The van der Waals surface area contributed by atoms with Gasteiger partial charge in [0.15, 0.2) is 5.41 Å². The van der Waals surface area contributed by atoms with E-state index in [0.717, 1.165) is 0 Å². The number of nitrogens with one attached hydrogen (secondary N) is 1. The van der Waals surface area contributed by atoms with E-state index in [4.69, 9.17) is 56.8 Å². The predicted octanol–water partition coefficient (Wildman–Crippen LogP) is 0.184. The van der Waals surface area contributed by atoms with Gasteiger partial charge in [0.25, 0.3) is 0 Å². The largest absolute Gasteiger partial charge is 0.480 e. The Morgan fingerprint density at radius 2 is 0.760 bits per heavy atom. The van der Waals surface area contributed by atoms with Crippen molar-refractivity contribution >= 4 is 11.9 Å². The molecule has 1 unspecified atom stereocenters. The molecule has 0 bridgehead atoms. The van der Waals surface area contributed by atoms with Crippen LogP contribution < -0.4 is 5.32 Å². The maximum absolute atomic E-state index is 12.1. The fraction of sp³-hybridized carbons (Fsp3) is 0.939. The number of carboxylic acids is 1. The van der Waals surface area contributed by atoms with Gasteiger partial charge in [-0.3, -0.25) is 9.59 Å². The van der Waals surface area contributed by atoms with Gasteiger partial charge in [0.05, 0.1) is 165 Å². The maximum atomic E-state index is 12.1. The molecule has 1 atom stereocenters. The van der Waals surface area contributed by atoms with Crippen LogP contribution in [-0.2, 0) is 66.4 Å². The summed E-state index contributed by atoms with van der Waals surface area (Å²) in [5.74, 6) is -2.09. The fourth-order valence-electron chi connectivity index (χ4n) is 3.71. The second kappa shape index (κ2) is 37.2. The molecule has 0 radical (unpaired) electrons. The van der Waals surface area contributed by atoms with Crippen LogP contribution >= 0.6 is 0 Å². The van der Waals surface area contributed by atoms with Gasteiger partial charge < -0.3 is 72.4 Å². The molecule has 0 aromatic rings. The van der Waals surface area contributed by atoms with Crippen LogP contribution in [-0.4, -0.2) is 193 Å². The number of carbonyl (C=O) groups excluding carboxylic acids is 1. The third-order valence-corrected chi connectivity index (χ3v) is 6.65. The minimum Gasteiger partial charge on any atom is -0.480 e. The summed E-state index contributed by atoms with van der Waals surface area (Å²) in [6, 6.07) is 0. The molecule has 0 spiro atoms. The Kier molecular flexibility index (Phi) is 36.0. The molecule has 0 aliphatic heterocycles. The Morgan fingerprint density at radius 3 is 0.980 bits per heavy atom. The standard InChI is InChI=1S/C33H65NO16/c1-4-33(29-35,32(37)38)31(36)34-5-6-39-7-8-40-9-10-41-11-12-42-13-14-43-15-16-44-17-18-45-19-20-46-21-22-47-23-24-48-25-26-49-27-28-50-30(2)3/h30,35H,4-29H2,1-3H3,(H,34,36)(H,37,38). The third kappa shape index (κ3) is 30.1. The number of rotatable bonds is 41. The van der Waals surface area contributed by atoms with Gasteiger partial charge in [0.2, 0.25) is 5.91 Å². The van der Waals surface area contributed by atoms with Gasteiger partial charge in [-0.2, -0.15) is 0 Å². The van der Waals surface area contributed by atoms with Gasteiger partial charge in [0, 0.05) is 6.54 Å². The summed E-state index contributed by atoms with van der Waals surface area (Å²) in [7, 11) is 0. The summed E-state index contributed by atoms with van der Waals surface area (Å²) in [5, 5.41) is 21.0. The highest BCUT2D eigenvalue weighted by Crippen LogP contribution is 2.21. The molecule has 17 heteroatoms. The van der Waals surface area contributed by atoms with Crippen molar-refractivity contribution < 1.29 is 76.6 Å². The van der Waals surface area contributed by atoms with E-state index in [1.54, 1.807) is 0 Å². The zero-order valence-electron chi connectivity index (χ0n) is 30.6. The second-order valence-corrected chi connectivity index (χ2v) is 10.8. The van der Waals surface area contributed by atoms with Gasteiger partial charge in [-0.25, -0.2) is 0 Å². The Bertz CT molecular complexity index is 745. The van der Waals surface area contributed by atoms with Crippen molar-refractivity contribution in [1.29, 1.82) is 0 Å². The number of carboxylic acid groups (broad SMARTS) is 1. The minimum absolute atomic E-state index is 0.0149. The number of aliphatic hydroxyl groups excluding tert-OH is 1. The molecule has 0 aromatic heterocycles. The van der Waals surface area contributed by atoms with Crippen molar-refractivity contribution in [3.8, 4) is 0 Å². The molecular formula is C33H65NO16. The minimum atomic E-state index is -1.83. The van der Waals surface area contributed by atoms with Crippen molar-refractivity contribution in [3.05, 3.63) is 0 Å². The van der Waals surface area contributed by atoms with Crippen LogP contribution in [0.3, 0.4) is 0 Å². The molecular weight excluding hydrogens is 666 g/mol. The van der Waals surface area contributed by atoms with E-state index in [-0.39, 0.29) is 25.7 Å². The summed E-state index contributed by atoms with van der Waals surface area (Å²) >= 11 is 0. The van der Waals surface area contributed by atoms with Gasteiger partial charge in [0.1, 0.15) is 0 Å². The zero-order valence-corrected chi connectivity index (χ0v) is 30.6. The topological polar surface area (TPSA) is 197 Å². The summed E-state index contributed by atoms with van der Waals surface area (Å²) in [4.78, 5) is 23.4. The first-order valence-corrected chi connectivity index (χ1v) is 17.5. The summed E-state index contributed by atoms with van der Waals surface area (Å²) < 4.78 is 65.2. The van der Waals surface area contributed by atoms with E-state index in [2.05, 4.69) is 5.32 Å². The number of amides is 1. The van der Waals surface area contributed by atoms with Gasteiger partial charge in [-0.15, -0.1) is 0 Å². The number of ether oxygens (including phenoxy) is 12. The highest BCUT2D eigenvalue weighted by Gasteiger charge is 2.43. The van der Waals surface area contributed by atoms with Crippen molar-refractivity contribution in [3.63, 3.8) is 0 Å². The first-order valence-electron chi connectivity index (χ1n) is 17.5. The highest BCUT2D eigenvalue weighted by molar-refractivity contribution is 6.02. The van der Waals surface area contributed by atoms with E-state index < -0.39 is 23.9 Å². The SMILES string of the molecule is CCC(CO)(C(=O)O)C(=O)NCCOCCOCCOCCOCCOCCOCCOCCOCCOCCOCCOCCOC(C)C. The smallest absolute Gasteiger partial charge is 0.321 e. The summed E-state index contributed by atoms with van der Waals surface area (Å²) in [5.41, 5.74) is -1.83. The van der Waals surface area contributed by atoms with Crippen molar-refractivity contribution in [2.75, 3.05) is 165 Å². The lowest BCUT2D eigenvalue weighted by atomic mass is 9.85. The van der Waals surface area contributed by atoms with Crippen LogP contribution in [0.4, 0.5) is 0 Å². The number of hydrogen-bond donors (Lipinski definition) is 3. The molecule has 0 aromatic carbocycles. The number of aliphatic carboxylic acids is 1. The van der Waals surface area contributed by atoms with Crippen molar-refractivity contribution in [2.24, 2.45) is 5.41 Å². The zero-order chi connectivity index (χ0) is 36.8. The fourth-order valence-corrected chi connectivity index (χ4v) is 3.71. The van der Waals surface area contributed by atoms with Gasteiger partial charge >= 0.3 is 5.97 Å². The molecule has 1 amide bonds. The van der Waals surface area contributed by atoms with E-state index in [1.807, 2.05) is 13.8 Å². The van der Waals surface area contributed by atoms with Crippen LogP contribution in [0.5, 0.6) is 0 Å². The van der Waals surface area contributed by atoms with Gasteiger partial charge in [-0.1, -0.05) is 6.92 Å². The van der Waals surface area contributed by atoms with E-state index in [0.29, 0.717) is 145 Å². The Morgan fingerprint density at radius 1 is 0.500 bits per heavy atom. The molecule has 3 N–H and O–H groups in total. The quantitative estimate of drug-likeness (QED) is 0.0568. The van der Waals surface area contributed by atoms with Crippen LogP contribution in [0.15, 0.2) is 0 Å². The molecule has 0 aliphatic rings. The summed E-state index contributed by atoms with van der Waals surface area (Å²) in [6.07, 6.45) is 0.206. The lowest BCUT2D eigenvalue weighted by Gasteiger charge is -2.24. The van der Waals surface area contributed by atoms with Crippen LogP contribution in [0.25, 0.3) is 0 Å². The Labute approximate surface area is 297 Å². The predicted molar refractivity (Wildman–Crippen MR) is 181 cm³/mol. The molecule has 50 heavy (non-hydrogen) atoms. The number of aliphatic hydroxyl groups is 1. The first-order chi connectivity index (χ1) is 24.4. The van der Waals surface area contributed by atoms with Gasteiger partial charge in [-0.05, 0) is 20.3 Å². The molecule has 298 valence electrons. The van der Waals surface area contributed by atoms with E-state index >= 15 is 0 Å².